The minimum atomic E-state index is -4.65. The number of rotatable bonds is 10. The van der Waals surface area contributed by atoms with E-state index in [-0.39, 0.29) is 25.4 Å². The Labute approximate surface area is 109 Å². The van der Waals surface area contributed by atoms with E-state index < -0.39 is 21.0 Å². The van der Waals surface area contributed by atoms with Crippen LogP contribution in [-0.4, -0.2) is 12.6 Å². The highest BCUT2D eigenvalue weighted by atomic mass is 32.1. The van der Waals surface area contributed by atoms with Crippen molar-refractivity contribution >= 4 is 21.0 Å². The Kier molecular flexibility index (Phi) is 6.35. The molecule has 1 fully saturated rings. The van der Waals surface area contributed by atoms with Crippen LogP contribution in [0.5, 0.6) is 0 Å². The van der Waals surface area contributed by atoms with Crippen LogP contribution in [0.25, 0.3) is 0 Å². The molecular formula is C8H11O9P2-. The van der Waals surface area contributed by atoms with Crippen LogP contribution in [0.1, 0.15) is 25.7 Å². The van der Waals surface area contributed by atoms with Crippen LogP contribution in [0.3, 0.4) is 0 Å². The number of carbonyl (C=O) groups is 1. The van der Waals surface area contributed by atoms with E-state index in [2.05, 4.69) is 14.2 Å². The first-order chi connectivity index (χ1) is 8.89. The standard InChI is InChI=1S/C8H12O9P2/c9-8(10)5-7(6-1-2-6)3-4-15-19(14,17-16-11)18(12)13/h6H,1-5H2,(H-,9,10,11)/p-1. The van der Waals surface area contributed by atoms with Gasteiger partial charge in [-0.2, -0.15) is 0 Å². The summed E-state index contributed by atoms with van der Waals surface area (Å²) in [5, 5.41) is 23.0. The van der Waals surface area contributed by atoms with Gasteiger partial charge in [-0.05, 0) is 12.8 Å². The second-order valence-corrected chi connectivity index (χ2v) is 8.18. The van der Waals surface area contributed by atoms with Gasteiger partial charge in [-0.25, -0.2) is 4.57 Å². The van der Waals surface area contributed by atoms with E-state index in [1.165, 1.54) is 0 Å². The minimum Gasteiger partial charge on any atom is -0.691 e. The average Bonchev–Trinajstić information content (AvgIpc) is 3.11. The molecule has 0 aromatic carbocycles. The predicted octanol–water partition coefficient (Wildman–Crippen LogP) is -1.05. The average molecular weight is 313 g/mol. The molecule has 11 heteroatoms. The molecule has 0 aromatic heterocycles. The molecule has 19 heavy (non-hydrogen) atoms. The minimum absolute atomic E-state index is 0.0913. The Balaban J connectivity index is 2.43. The molecule has 0 heterocycles. The smallest absolute Gasteiger partial charge is 0.593 e. The van der Waals surface area contributed by atoms with E-state index >= 15 is 0 Å². The summed E-state index contributed by atoms with van der Waals surface area (Å²) >= 11 is 0. The van der Waals surface area contributed by atoms with Gasteiger partial charge in [0.2, 0.25) is 0 Å². The van der Waals surface area contributed by atoms with E-state index in [1.807, 2.05) is 0 Å². The summed E-state index contributed by atoms with van der Waals surface area (Å²) in [7, 11) is -8.30. The second-order valence-electron chi connectivity index (χ2n) is 3.91. The first kappa shape index (κ1) is 16.5. The van der Waals surface area contributed by atoms with Crippen molar-refractivity contribution in [1.82, 2.24) is 0 Å². The monoisotopic (exact) mass is 313 g/mol. The highest BCUT2D eigenvalue weighted by Gasteiger charge is 2.45. The third-order valence-corrected chi connectivity index (χ3v) is 5.43. The van der Waals surface area contributed by atoms with Gasteiger partial charge in [-0.15, -0.1) is 4.67 Å². The molecular weight excluding hydrogens is 302 g/mol. The Hall–Kier alpha value is -0.530. The lowest BCUT2D eigenvalue weighted by molar-refractivity contribution is -0.780. The number of hydrogen-bond acceptors (Lipinski definition) is 9. The van der Waals surface area contributed by atoms with Crippen LogP contribution in [0.2, 0.25) is 0 Å². The fourth-order valence-corrected chi connectivity index (χ4v) is 2.90. The molecule has 0 spiro atoms. The summed E-state index contributed by atoms with van der Waals surface area (Å²) in [6.07, 6.45) is 1.52. The van der Waals surface area contributed by atoms with Gasteiger partial charge in [-0.3, -0.25) is 9.56 Å². The summed E-state index contributed by atoms with van der Waals surface area (Å²) in [5.74, 6) is -0.492. The summed E-state index contributed by atoms with van der Waals surface area (Å²) in [6.45, 7) is -0.358. The van der Waals surface area contributed by atoms with Crippen LogP contribution in [0.15, 0.2) is 0 Å². The zero-order valence-electron chi connectivity index (χ0n) is 9.68. The Morgan fingerprint density at radius 2 is 2.11 bits per heavy atom. The molecule has 0 radical (unpaired) electrons. The fraction of sp³-hybridized carbons (Fsp3) is 0.750. The van der Waals surface area contributed by atoms with Crippen molar-refractivity contribution in [1.29, 1.82) is 0 Å². The third-order valence-electron chi connectivity index (χ3n) is 2.53. The molecule has 0 amide bonds. The lowest BCUT2D eigenvalue weighted by Gasteiger charge is -2.11. The molecule has 0 aromatic rings. The van der Waals surface area contributed by atoms with Gasteiger partial charge < -0.3 is 20.1 Å². The number of carboxylic acid groups (broad SMARTS) is 1. The second kappa shape index (κ2) is 7.31. The van der Waals surface area contributed by atoms with Crippen LogP contribution in [0.4, 0.5) is 0 Å². The summed E-state index contributed by atoms with van der Waals surface area (Å²) < 4.78 is 30.1. The van der Waals surface area contributed by atoms with E-state index in [1.54, 1.807) is 0 Å². The first-order valence-electron chi connectivity index (χ1n) is 5.31. The number of hydrogen-bond donors (Lipinski definition) is 0. The number of carbonyl (C=O) groups excluding carboxylic acids is 1. The normalized spacial score (nSPS) is 18.7. The maximum atomic E-state index is 11.4. The molecule has 1 aliphatic rings. The van der Waals surface area contributed by atoms with Crippen LogP contribution in [0, 0.1) is 11.8 Å². The highest BCUT2D eigenvalue weighted by Crippen LogP contribution is 2.66. The molecule has 108 valence electrons. The van der Waals surface area contributed by atoms with E-state index in [0.717, 1.165) is 12.8 Å². The maximum Gasteiger partial charge on any atom is 0.593 e. The van der Waals surface area contributed by atoms with Gasteiger partial charge >= 0.3 is 15.0 Å². The molecule has 9 nitrogen and oxygen atoms in total. The Morgan fingerprint density at radius 1 is 1.47 bits per heavy atom. The summed E-state index contributed by atoms with van der Waals surface area (Å²) in [4.78, 5) is 21.1. The molecule has 2 atom stereocenters. The predicted molar refractivity (Wildman–Crippen MR) is 53.5 cm³/mol. The summed E-state index contributed by atoms with van der Waals surface area (Å²) in [6, 6.07) is 0. The molecule has 1 rings (SSSR count). The summed E-state index contributed by atoms with van der Waals surface area (Å²) in [5.41, 5.74) is 0. The van der Waals surface area contributed by atoms with E-state index in [4.69, 9.17) is 0 Å². The van der Waals surface area contributed by atoms with E-state index in [9.17, 15) is 29.2 Å². The van der Waals surface area contributed by atoms with Crippen LogP contribution < -0.4 is 15.3 Å². The zero-order valence-corrected chi connectivity index (χ0v) is 11.5. The van der Waals surface area contributed by atoms with Crippen molar-refractivity contribution in [2.24, 2.45) is 5.92 Å². The van der Waals surface area contributed by atoms with Crippen LogP contribution >= 0.6 is 15.0 Å². The van der Waals surface area contributed by atoms with Gasteiger partial charge in [-0.1, -0.05) is 4.57 Å². The Bertz CT molecular complexity index is 380. The quantitative estimate of drug-likeness (QED) is 0.213. The Morgan fingerprint density at radius 3 is 2.53 bits per heavy atom. The molecule has 1 aliphatic carbocycles. The molecule has 2 unspecified atom stereocenters. The zero-order chi connectivity index (χ0) is 14.5. The van der Waals surface area contributed by atoms with Gasteiger partial charge in [0, 0.05) is 0 Å². The van der Waals surface area contributed by atoms with Gasteiger partial charge in [0.15, 0.2) is 0 Å². The lowest BCUT2D eigenvalue weighted by Crippen LogP contribution is -2.25. The van der Waals surface area contributed by atoms with Gasteiger partial charge in [0.1, 0.15) is 31.3 Å². The van der Waals surface area contributed by atoms with Crippen molar-refractivity contribution in [2.45, 2.75) is 25.7 Å². The fourth-order valence-electron chi connectivity index (χ4n) is 1.54. The first-order valence-corrected chi connectivity index (χ1v) is 8.73. The third kappa shape index (κ3) is 5.54. The van der Waals surface area contributed by atoms with Crippen LogP contribution in [-0.2, 0) is 28.2 Å². The number of carboxylic acids is 1. The highest BCUT2D eigenvalue weighted by molar-refractivity contribution is 8.20. The maximum absolute atomic E-state index is 11.4. The molecule has 0 bridgehead atoms. The van der Waals surface area contributed by atoms with Crippen molar-refractivity contribution in [3.8, 4) is 0 Å². The SMILES string of the molecule is O=C([O-])C[C+](CCOP(=O)(OO[O-])[P+](=O)[O-])C1CC1. The van der Waals surface area contributed by atoms with Crippen molar-refractivity contribution in [3.05, 3.63) is 5.92 Å². The van der Waals surface area contributed by atoms with E-state index in [0.29, 0.717) is 5.92 Å². The van der Waals surface area contributed by atoms with Gasteiger partial charge in [0.25, 0.3) is 0 Å². The lowest BCUT2D eigenvalue weighted by atomic mass is 9.96. The van der Waals surface area contributed by atoms with Crippen molar-refractivity contribution < 1.29 is 43.4 Å². The largest absolute Gasteiger partial charge is 0.691 e. The molecule has 0 aliphatic heterocycles. The molecule has 1 saturated carbocycles. The number of aliphatic carboxylic acids is 1. The topological polar surface area (TPSA) is 148 Å². The molecule has 0 N–H and O–H groups in total. The van der Waals surface area contributed by atoms with Gasteiger partial charge in [0.05, 0.1) is 5.97 Å². The van der Waals surface area contributed by atoms with Crippen molar-refractivity contribution in [3.63, 3.8) is 0 Å². The molecule has 0 saturated heterocycles. The van der Waals surface area contributed by atoms with Crippen molar-refractivity contribution in [2.75, 3.05) is 6.61 Å².